The van der Waals surface area contributed by atoms with E-state index in [0.717, 1.165) is 16.0 Å². The number of imide groups is 1. The van der Waals surface area contributed by atoms with Crippen molar-refractivity contribution in [3.8, 4) is 0 Å². The number of anilines is 1. The predicted octanol–water partition coefficient (Wildman–Crippen LogP) is 3.83. The zero-order valence-electron chi connectivity index (χ0n) is 12.3. The fourth-order valence-electron chi connectivity index (χ4n) is 2.55. The topological polar surface area (TPSA) is 37.4 Å². The molecule has 2 aromatic rings. The van der Waals surface area contributed by atoms with Crippen LogP contribution in [0.15, 0.2) is 53.6 Å². The molecule has 3 nitrogen and oxygen atoms in total. The Bertz CT molecular complexity index is 809. The number of hydrogen-bond acceptors (Lipinski definition) is 2. The van der Waals surface area contributed by atoms with Crippen molar-refractivity contribution in [2.75, 3.05) is 4.90 Å². The number of carbonyl (C=O) groups is 2. The molecule has 3 rings (SSSR count). The molecule has 0 saturated carbocycles. The molecule has 2 aromatic carbocycles. The molecule has 0 fully saturated rings. The van der Waals surface area contributed by atoms with Crippen LogP contribution in [-0.2, 0) is 9.59 Å². The zero-order valence-corrected chi connectivity index (χ0v) is 13.0. The standard InChI is InChI=1S/C18H14ClNO2/c1-11-7-6-10-14(12(11)2)20-17(21)15(16(19)18(20)22)13-8-4-3-5-9-13/h3-10H,1-2H3. The number of benzene rings is 2. The van der Waals surface area contributed by atoms with Gasteiger partial charge in [-0.15, -0.1) is 0 Å². The van der Waals surface area contributed by atoms with Gasteiger partial charge in [0, 0.05) is 0 Å². The minimum absolute atomic E-state index is 0.0305. The number of aryl methyl sites for hydroxylation is 1. The van der Waals surface area contributed by atoms with Crippen molar-refractivity contribution < 1.29 is 9.59 Å². The van der Waals surface area contributed by atoms with E-state index in [1.165, 1.54) is 0 Å². The molecular formula is C18H14ClNO2. The van der Waals surface area contributed by atoms with Crippen molar-refractivity contribution >= 4 is 34.7 Å². The Morgan fingerprint density at radius 1 is 0.864 bits per heavy atom. The molecule has 0 N–H and O–H groups in total. The lowest BCUT2D eigenvalue weighted by Crippen LogP contribution is -2.31. The summed E-state index contributed by atoms with van der Waals surface area (Å²) in [6, 6.07) is 14.5. The SMILES string of the molecule is Cc1cccc(N2C(=O)C(Cl)=C(c3ccccc3)C2=O)c1C. The monoisotopic (exact) mass is 311 g/mol. The van der Waals surface area contributed by atoms with E-state index >= 15 is 0 Å². The van der Waals surface area contributed by atoms with Crippen LogP contribution in [0.5, 0.6) is 0 Å². The summed E-state index contributed by atoms with van der Waals surface area (Å²) < 4.78 is 0. The number of amides is 2. The van der Waals surface area contributed by atoms with Crippen molar-refractivity contribution in [3.05, 3.63) is 70.3 Å². The molecule has 0 bridgehead atoms. The molecule has 0 aliphatic carbocycles. The summed E-state index contributed by atoms with van der Waals surface area (Å²) in [7, 11) is 0. The van der Waals surface area contributed by atoms with E-state index in [1.54, 1.807) is 18.2 Å². The largest absolute Gasteiger partial charge is 0.277 e. The van der Waals surface area contributed by atoms with E-state index in [0.29, 0.717) is 11.3 Å². The van der Waals surface area contributed by atoms with E-state index in [2.05, 4.69) is 0 Å². The Kier molecular flexibility index (Phi) is 3.59. The summed E-state index contributed by atoms with van der Waals surface area (Å²) in [5.74, 6) is -0.853. The van der Waals surface area contributed by atoms with Gasteiger partial charge in [0.2, 0.25) is 0 Å². The van der Waals surface area contributed by atoms with Crippen molar-refractivity contribution in [2.24, 2.45) is 0 Å². The van der Waals surface area contributed by atoms with Crippen molar-refractivity contribution in [3.63, 3.8) is 0 Å². The summed E-state index contributed by atoms with van der Waals surface area (Å²) in [4.78, 5) is 26.4. The molecule has 1 aliphatic heterocycles. The van der Waals surface area contributed by atoms with Gasteiger partial charge < -0.3 is 0 Å². The van der Waals surface area contributed by atoms with Gasteiger partial charge in [0.05, 0.1) is 11.3 Å². The first-order valence-electron chi connectivity index (χ1n) is 6.92. The van der Waals surface area contributed by atoms with Gasteiger partial charge >= 0.3 is 0 Å². The first-order valence-corrected chi connectivity index (χ1v) is 7.30. The highest BCUT2D eigenvalue weighted by atomic mass is 35.5. The molecule has 4 heteroatoms. The normalized spacial score (nSPS) is 15.0. The molecule has 22 heavy (non-hydrogen) atoms. The van der Waals surface area contributed by atoms with Crippen LogP contribution in [0.1, 0.15) is 16.7 Å². The van der Waals surface area contributed by atoms with Crippen LogP contribution in [0.3, 0.4) is 0 Å². The van der Waals surface area contributed by atoms with E-state index in [4.69, 9.17) is 11.6 Å². The highest BCUT2D eigenvalue weighted by Crippen LogP contribution is 2.36. The quantitative estimate of drug-likeness (QED) is 0.791. The summed E-state index contributed by atoms with van der Waals surface area (Å²) in [6.07, 6.45) is 0. The summed E-state index contributed by atoms with van der Waals surface area (Å²) in [6.45, 7) is 3.83. The average Bonchev–Trinajstić information content (AvgIpc) is 2.74. The highest BCUT2D eigenvalue weighted by molar-refractivity contribution is 6.60. The minimum atomic E-state index is -0.473. The van der Waals surface area contributed by atoms with Crippen LogP contribution in [0.2, 0.25) is 0 Å². The third-order valence-electron chi connectivity index (χ3n) is 3.91. The maximum Gasteiger partial charge on any atom is 0.277 e. The van der Waals surface area contributed by atoms with Crippen LogP contribution in [0.25, 0.3) is 5.57 Å². The van der Waals surface area contributed by atoms with Crippen LogP contribution in [0, 0.1) is 13.8 Å². The van der Waals surface area contributed by atoms with Crippen LogP contribution in [0.4, 0.5) is 5.69 Å². The molecule has 110 valence electrons. The lowest BCUT2D eigenvalue weighted by atomic mass is 10.1. The third kappa shape index (κ3) is 2.14. The molecule has 0 atom stereocenters. The van der Waals surface area contributed by atoms with E-state index in [1.807, 2.05) is 44.2 Å². The third-order valence-corrected chi connectivity index (χ3v) is 4.26. The maximum absolute atomic E-state index is 12.8. The minimum Gasteiger partial charge on any atom is -0.268 e. The van der Waals surface area contributed by atoms with Crippen LogP contribution in [-0.4, -0.2) is 11.8 Å². The lowest BCUT2D eigenvalue weighted by molar-refractivity contribution is -0.119. The van der Waals surface area contributed by atoms with E-state index in [9.17, 15) is 9.59 Å². The summed E-state index contributed by atoms with van der Waals surface area (Å²) >= 11 is 6.16. The summed E-state index contributed by atoms with van der Waals surface area (Å²) in [5, 5.41) is -0.0305. The molecule has 1 aliphatic rings. The van der Waals surface area contributed by atoms with Crippen molar-refractivity contribution in [1.82, 2.24) is 0 Å². The molecule has 0 saturated heterocycles. The first kappa shape index (κ1) is 14.5. The van der Waals surface area contributed by atoms with Crippen molar-refractivity contribution in [1.29, 1.82) is 0 Å². The van der Waals surface area contributed by atoms with Gasteiger partial charge in [-0.25, -0.2) is 4.90 Å². The number of rotatable bonds is 2. The molecule has 0 radical (unpaired) electrons. The molecule has 0 unspecified atom stereocenters. The number of halogens is 1. The van der Waals surface area contributed by atoms with E-state index in [-0.39, 0.29) is 16.5 Å². The van der Waals surface area contributed by atoms with Gasteiger partial charge in [-0.2, -0.15) is 0 Å². The average molecular weight is 312 g/mol. The van der Waals surface area contributed by atoms with Gasteiger partial charge in [0.1, 0.15) is 5.03 Å². The summed E-state index contributed by atoms with van der Waals surface area (Å²) in [5.41, 5.74) is 3.40. The van der Waals surface area contributed by atoms with Crippen LogP contribution >= 0.6 is 11.6 Å². The zero-order chi connectivity index (χ0) is 15.9. The van der Waals surface area contributed by atoms with Gasteiger partial charge in [-0.3, -0.25) is 9.59 Å². The fourth-order valence-corrected chi connectivity index (χ4v) is 2.83. The predicted molar refractivity (Wildman–Crippen MR) is 87.6 cm³/mol. The van der Waals surface area contributed by atoms with Crippen LogP contribution < -0.4 is 4.90 Å². The second-order valence-corrected chi connectivity index (χ2v) is 5.60. The van der Waals surface area contributed by atoms with Gasteiger partial charge in [-0.1, -0.05) is 54.1 Å². The Morgan fingerprint density at radius 2 is 1.55 bits per heavy atom. The lowest BCUT2D eigenvalue weighted by Gasteiger charge is -2.18. The second-order valence-electron chi connectivity index (χ2n) is 5.22. The Balaban J connectivity index is 2.11. The highest BCUT2D eigenvalue weighted by Gasteiger charge is 2.39. The maximum atomic E-state index is 12.8. The Labute approximate surface area is 133 Å². The Hall–Kier alpha value is -2.39. The van der Waals surface area contributed by atoms with Crippen molar-refractivity contribution in [2.45, 2.75) is 13.8 Å². The second kappa shape index (κ2) is 5.43. The van der Waals surface area contributed by atoms with E-state index < -0.39 is 5.91 Å². The number of nitrogens with zero attached hydrogens (tertiary/aromatic N) is 1. The smallest absolute Gasteiger partial charge is 0.268 e. The molecular weight excluding hydrogens is 298 g/mol. The number of carbonyl (C=O) groups excluding carboxylic acids is 2. The first-order chi connectivity index (χ1) is 10.5. The Morgan fingerprint density at radius 3 is 2.23 bits per heavy atom. The fraction of sp³-hybridized carbons (Fsp3) is 0.111. The number of hydrogen-bond donors (Lipinski definition) is 0. The van der Waals surface area contributed by atoms with Gasteiger partial charge in [-0.05, 0) is 36.6 Å². The molecule has 1 heterocycles. The molecule has 0 aromatic heterocycles. The molecule has 0 spiro atoms. The molecule has 2 amide bonds. The van der Waals surface area contributed by atoms with Gasteiger partial charge in [0.15, 0.2) is 0 Å². The van der Waals surface area contributed by atoms with Gasteiger partial charge in [0.25, 0.3) is 11.8 Å².